The number of rotatable bonds is 5. The van der Waals surface area contributed by atoms with Gasteiger partial charge in [-0.2, -0.15) is 0 Å². The maximum Gasteiger partial charge on any atom is 0.320 e. The first-order valence-corrected chi connectivity index (χ1v) is 9.18. The Hall–Kier alpha value is -4.14. The first-order chi connectivity index (χ1) is 14.5. The molecule has 3 aromatic heterocycles. The zero-order valence-electron chi connectivity index (χ0n) is 16.7. The van der Waals surface area contributed by atoms with Gasteiger partial charge in [-0.3, -0.25) is 14.8 Å². The number of amides is 1. The van der Waals surface area contributed by atoms with Crippen LogP contribution in [0, 0.1) is 6.92 Å². The molecule has 150 valence electrons. The van der Waals surface area contributed by atoms with Crippen LogP contribution in [-0.4, -0.2) is 50.1 Å². The van der Waals surface area contributed by atoms with Gasteiger partial charge < -0.3 is 14.6 Å². The van der Waals surface area contributed by atoms with Gasteiger partial charge in [-0.1, -0.05) is 17.2 Å². The smallest absolute Gasteiger partial charge is 0.320 e. The van der Waals surface area contributed by atoms with Crippen molar-refractivity contribution in [2.45, 2.75) is 6.92 Å². The minimum absolute atomic E-state index is 0.0586. The average Bonchev–Trinajstić information content (AvgIpc) is 3.22. The summed E-state index contributed by atoms with van der Waals surface area (Å²) < 4.78 is 5.71. The van der Waals surface area contributed by atoms with Crippen LogP contribution in [0.2, 0.25) is 0 Å². The molecule has 0 aliphatic heterocycles. The summed E-state index contributed by atoms with van der Waals surface area (Å²) in [7, 11) is 3.44. The number of carbonyl (C=O) groups is 1. The van der Waals surface area contributed by atoms with Gasteiger partial charge in [0.05, 0.1) is 29.5 Å². The van der Waals surface area contributed by atoms with Gasteiger partial charge in [0, 0.05) is 31.4 Å². The van der Waals surface area contributed by atoms with E-state index in [4.69, 9.17) is 4.42 Å². The Balaban J connectivity index is 1.60. The fourth-order valence-corrected chi connectivity index (χ4v) is 2.76. The highest BCUT2D eigenvalue weighted by atomic mass is 16.4. The van der Waals surface area contributed by atoms with Crippen molar-refractivity contribution in [2.75, 3.05) is 19.4 Å². The molecule has 0 aliphatic rings. The third kappa shape index (κ3) is 4.00. The fraction of sp³-hybridized carbons (Fsp3) is 0.143. The van der Waals surface area contributed by atoms with Crippen molar-refractivity contribution in [3.63, 3.8) is 0 Å². The van der Waals surface area contributed by atoms with Crippen molar-refractivity contribution >= 4 is 17.6 Å². The fourth-order valence-electron chi connectivity index (χ4n) is 2.76. The molecule has 3 heterocycles. The van der Waals surface area contributed by atoms with Crippen LogP contribution in [0.15, 0.2) is 59.4 Å². The second-order valence-corrected chi connectivity index (χ2v) is 6.75. The van der Waals surface area contributed by atoms with Crippen LogP contribution in [0.4, 0.5) is 11.7 Å². The van der Waals surface area contributed by atoms with E-state index in [-0.39, 0.29) is 17.8 Å². The number of benzene rings is 1. The molecule has 0 atom stereocenters. The van der Waals surface area contributed by atoms with Gasteiger partial charge in [0.25, 0.3) is 11.8 Å². The normalized spacial score (nSPS) is 10.6. The van der Waals surface area contributed by atoms with Gasteiger partial charge in [0.2, 0.25) is 0 Å². The lowest BCUT2D eigenvalue weighted by Gasteiger charge is -2.10. The first kappa shape index (κ1) is 19.2. The van der Waals surface area contributed by atoms with E-state index in [9.17, 15) is 4.79 Å². The van der Waals surface area contributed by atoms with Crippen LogP contribution >= 0.6 is 0 Å². The zero-order valence-corrected chi connectivity index (χ0v) is 16.7. The summed E-state index contributed by atoms with van der Waals surface area (Å²) in [5, 5.41) is 11.1. The van der Waals surface area contributed by atoms with Crippen LogP contribution < -0.4 is 5.32 Å². The molecule has 0 spiro atoms. The Morgan fingerprint density at radius 2 is 1.87 bits per heavy atom. The number of nitrogens with one attached hydrogen (secondary N) is 1. The lowest BCUT2D eigenvalue weighted by molar-refractivity contribution is 0.0827. The second kappa shape index (κ2) is 8.08. The molecule has 1 N–H and O–H groups in total. The Labute approximate surface area is 172 Å². The minimum Gasteiger partial charge on any atom is -0.401 e. The van der Waals surface area contributed by atoms with E-state index >= 15 is 0 Å². The molecule has 9 heteroatoms. The number of aryl methyl sites for hydroxylation is 1. The summed E-state index contributed by atoms with van der Waals surface area (Å²) in [6.07, 6.45) is 5.00. The number of anilines is 2. The molecule has 9 nitrogen and oxygen atoms in total. The first-order valence-electron chi connectivity index (χ1n) is 9.18. The Kier molecular flexibility index (Phi) is 5.17. The topological polar surface area (TPSA) is 110 Å². The summed E-state index contributed by atoms with van der Waals surface area (Å²) >= 11 is 0. The number of nitrogens with zero attached hydrogens (tertiary/aromatic N) is 6. The second-order valence-electron chi connectivity index (χ2n) is 6.75. The highest BCUT2D eigenvalue weighted by molar-refractivity contribution is 5.94. The van der Waals surface area contributed by atoms with Gasteiger partial charge in [-0.05, 0) is 31.2 Å². The molecule has 0 bridgehead atoms. The van der Waals surface area contributed by atoms with Gasteiger partial charge in [-0.25, -0.2) is 4.98 Å². The lowest BCUT2D eigenvalue weighted by Crippen LogP contribution is -2.21. The third-order valence-corrected chi connectivity index (χ3v) is 4.33. The number of carbonyl (C=O) groups excluding carboxylic acids is 1. The molecule has 4 aromatic rings. The quantitative estimate of drug-likeness (QED) is 0.542. The largest absolute Gasteiger partial charge is 0.401 e. The lowest BCUT2D eigenvalue weighted by atomic mass is 10.1. The maximum atomic E-state index is 12.1. The minimum atomic E-state index is -0.0586. The molecule has 0 radical (unpaired) electrons. The van der Waals surface area contributed by atoms with Crippen LogP contribution in [0.25, 0.3) is 22.8 Å². The summed E-state index contributed by atoms with van der Waals surface area (Å²) in [4.78, 5) is 26.7. The van der Waals surface area contributed by atoms with E-state index < -0.39 is 0 Å². The van der Waals surface area contributed by atoms with Crippen LogP contribution in [0.1, 0.15) is 16.1 Å². The number of aromatic nitrogens is 5. The summed E-state index contributed by atoms with van der Waals surface area (Å²) in [5.74, 6) is 0.199. The molecule has 1 aromatic carbocycles. The number of hydrogen-bond donors (Lipinski definition) is 1. The number of hydrogen-bond acceptors (Lipinski definition) is 8. The monoisotopic (exact) mass is 401 g/mol. The van der Waals surface area contributed by atoms with Crippen molar-refractivity contribution < 1.29 is 9.21 Å². The van der Waals surface area contributed by atoms with E-state index in [1.54, 1.807) is 50.9 Å². The molecule has 0 saturated heterocycles. The van der Waals surface area contributed by atoms with Crippen molar-refractivity contribution in [3.8, 4) is 22.8 Å². The SMILES string of the molecule is Cc1ncc(-c2ccc(C(=O)N(C)C)cc2)nc1-c1nnc(Nc2cccnc2)o1. The Bertz CT molecular complexity index is 1170. The van der Waals surface area contributed by atoms with E-state index in [0.717, 1.165) is 11.3 Å². The average molecular weight is 401 g/mol. The highest BCUT2D eigenvalue weighted by Gasteiger charge is 2.16. The van der Waals surface area contributed by atoms with E-state index in [2.05, 4.69) is 30.5 Å². The third-order valence-electron chi connectivity index (χ3n) is 4.33. The Morgan fingerprint density at radius 1 is 1.07 bits per heavy atom. The summed E-state index contributed by atoms with van der Waals surface area (Å²) in [6, 6.07) is 11.1. The van der Waals surface area contributed by atoms with Crippen molar-refractivity contribution in [1.29, 1.82) is 0 Å². The van der Waals surface area contributed by atoms with Gasteiger partial charge in [-0.15, -0.1) is 5.10 Å². The molecule has 0 unspecified atom stereocenters. The van der Waals surface area contributed by atoms with Crippen molar-refractivity contribution in [2.24, 2.45) is 0 Å². The van der Waals surface area contributed by atoms with Crippen LogP contribution in [0.5, 0.6) is 0 Å². The van der Waals surface area contributed by atoms with E-state index in [1.807, 2.05) is 25.1 Å². The van der Waals surface area contributed by atoms with Crippen LogP contribution in [0.3, 0.4) is 0 Å². The van der Waals surface area contributed by atoms with E-state index in [0.29, 0.717) is 22.6 Å². The van der Waals surface area contributed by atoms with Crippen LogP contribution in [-0.2, 0) is 0 Å². The predicted octanol–water partition coefficient (Wildman–Crippen LogP) is 3.34. The highest BCUT2D eigenvalue weighted by Crippen LogP contribution is 2.25. The van der Waals surface area contributed by atoms with Gasteiger partial charge in [0.1, 0.15) is 5.69 Å². The number of pyridine rings is 1. The predicted molar refractivity (Wildman–Crippen MR) is 111 cm³/mol. The molecule has 1 amide bonds. The molecule has 4 rings (SSSR count). The Morgan fingerprint density at radius 3 is 2.57 bits per heavy atom. The van der Waals surface area contributed by atoms with Crippen molar-refractivity contribution in [1.82, 2.24) is 30.0 Å². The molecular weight excluding hydrogens is 382 g/mol. The maximum absolute atomic E-state index is 12.1. The van der Waals surface area contributed by atoms with E-state index in [1.165, 1.54) is 4.90 Å². The molecule has 0 aliphatic carbocycles. The zero-order chi connectivity index (χ0) is 21.1. The standard InChI is InChI=1S/C21H19N7O2/c1-13-18(19-26-27-21(30-19)24-16-5-4-10-22-11-16)25-17(12-23-13)14-6-8-15(9-7-14)20(29)28(2)3/h4-12H,1-3H3,(H,24,27). The molecule has 0 fully saturated rings. The van der Waals surface area contributed by atoms with Gasteiger partial charge >= 0.3 is 6.01 Å². The van der Waals surface area contributed by atoms with Gasteiger partial charge in [0.15, 0.2) is 0 Å². The molecular formula is C21H19N7O2. The summed E-state index contributed by atoms with van der Waals surface area (Å²) in [6.45, 7) is 1.82. The van der Waals surface area contributed by atoms with Crippen molar-refractivity contribution in [3.05, 3.63) is 66.2 Å². The summed E-state index contributed by atoms with van der Waals surface area (Å²) in [5.41, 5.74) is 3.96. The molecule has 30 heavy (non-hydrogen) atoms. The molecule has 0 saturated carbocycles.